The van der Waals surface area contributed by atoms with Gasteiger partial charge in [0.15, 0.2) is 11.5 Å². The zero-order valence-electron chi connectivity index (χ0n) is 11.8. The van der Waals surface area contributed by atoms with E-state index >= 15 is 0 Å². The van der Waals surface area contributed by atoms with Crippen LogP contribution in [0.2, 0.25) is 0 Å². The highest BCUT2D eigenvalue weighted by atomic mass is 32.1. The van der Waals surface area contributed by atoms with Crippen LogP contribution in [-0.4, -0.2) is 26.3 Å². The summed E-state index contributed by atoms with van der Waals surface area (Å²) in [6, 6.07) is 3.89. The first kappa shape index (κ1) is 14.6. The van der Waals surface area contributed by atoms with Gasteiger partial charge in [-0.15, -0.1) is 11.3 Å². The van der Waals surface area contributed by atoms with Crippen LogP contribution in [0.3, 0.4) is 0 Å². The molecule has 1 aromatic carbocycles. The summed E-state index contributed by atoms with van der Waals surface area (Å²) in [7, 11) is 5.14. The molecule has 0 spiro atoms. The van der Waals surface area contributed by atoms with E-state index in [1.807, 2.05) is 19.2 Å². The molecular formula is C14H18N2O3S. The van der Waals surface area contributed by atoms with Crippen molar-refractivity contribution >= 4 is 11.3 Å². The number of nitrogens with one attached hydrogen (secondary N) is 1. The molecule has 5 nitrogen and oxygen atoms in total. The summed E-state index contributed by atoms with van der Waals surface area (Å²) < 4.78 is 16.6. The number of hydrogen-bond donors (Lipinski definition) is 1. The molecule has 1 N–H and O–H groups in total. The highest BCUT2D eigenvalue weighted by Gasteiger charge is 2.14. The van der Waals surface area contributed by atoms with E-state index in [-0.39, 0.29) is 0 Å². The van der Waals surface area contributed by atoms with Crippen LogP contribution in [0.4, 0.5) is 0 Å². The Balaban J connectivity index is 2.24. The van der Waals surface area contributed by atoms with E-state index < -0.39 is 0 Å². The van der Waals surface area contributed by atoms with Crippen LogP contribution in [0.1, 0.15) is 10.4 Å². The summed E-state index contributed by atoms with van der Waals surface area (Å²) in [6.45, 7) is 1.19. The van der Waals surface area contributed by atoms with Crippen molar-refractivity contribution in [3.05, 3.63) is 34.3 Å². The fourth-order valence-corrected chi connectivity index (χ4v) is 2.35. The van der Waals surface area contributed by atoms with Gasteiger partial charge in [0.25, 0.3) is 0 Å². The van der Waals surface area contributed by atoms with Gasteiger partial charge >= 0.3 is 0 Å². The van der Waals surface area contributed by atoms with Crippen LogP contribution in [-0.2, 0) is 13.2 Å². The van der Waals surface area contributed by atoms with E-state index in [4.69, 9.17) is 14.2 Å². The first-order chi connectivity index (χ1) is 9.78. The Morgan fingerprint density at radius 2 is 1.90 bits per heavy atom. The minimum atomic E-state index is 0.447. The van der Waals surface area contributed by atoms with Gasteiger partial charge in [-0.25, -0.2) is 0 Å². The largest absolute Gasteiger partial charge is 0.493 e. The molecule has 0 saturated carbocycles. The van der Waals surface area contributed by atoms with E-state index in [1.54, 1.807) is 37.3 Å². The third-order valence-electron chi connectivity index (χ3n) is 2.74. The van der Waals surface area contributed by atoms with Gasteiger partial charge in [0.1, 0.15) is 6.61 Å². The number of rotatable bonds is 7. The Morgan fingerprint density at radius 1 is 1.20 bits per heavy atom. The minimum Gasteiger partial charge on any atom is -0.493 e. The number of nitrogens with zero attached hydrogens (tertiary/aromatic N) is 1. The molecule has 0 unspecified atom stereocenters. The van der Waals surface area contributed by atoms with Gasteiger partial charge in [-0.2, -0.15) is 0 Å². The van der Waals surface area contributed by atoms with Crippen molar-refractivity contribution in [1.82, 2.24) is 10.3 Å². The van der Waals surface area contributed by atoms with Gasteiger partial charge < -0.3 is 19.5 Å². The van der Waals surface area contributed by atoms with Crippen LogP contribution < -0.4 is 19.5 Å². The van der Waals surface area contributed by atoms with Gasteiger partial charge in [0, 0.05) is 12.7 Å². The summed E-state index contributed by atoms with van der Waals surface area (Å²) in [6.07, 6.45) is 1.79. The second-order valence-corrected chi connectivity index (χ2v) is 5.09. The molecule has 0 saturated heterocycles. The van der Waals surface area contributed by atoms with E-state index in [2.05, 4.69) is 10.3 Å². The molecule has 0 aliphatic heterocycles. The zero-order valence-corrected chi connectivity index (χ0v) is 12.6. The molecule has 0 amide bonds. The zero-order chi connectivity index (χ0) is 14.4. The molecule has 1 heterocycles. The summed E-state index contributed by atoms with van der Waals surface area (Å²) in [5.41, 5.74) is 2.86. The maximum absolute atomic E-state index is 5.83. The van der Waals surface area contributed by atoms with Crippen LogP contribution in [0.5, 0.6) is 17.2 Å². The average Bonchev–Trinajstić information content (AvgIpc) is 2.98. The van der Waals surface area contributed by atoms with Gasteiger partial charge in [0.05, 0.1) is 24.6 Å². The summed E-state index contributed by atoms with van der Waals surface area (Å²) in [4.78, 5) is 5.08. The molecule has 2 aromatic rings. The second-order valence-electron chi connectivity index (χ2n) is 4.12. The van der Waals surface area contributed by atoms with Crippen molar-refractivity contribution in [3.63, 3.8) is 0 Å². The van der Waals surface area contributed by atoms with Gasteiger partial charge in [-0.05, 0) is 24.7 Å². The maximum Gasteiger partial charge on any atom is 0.203 e. The summed E-state index contributed by atoms with van der Waals surface area (Å²) in [5, 5.41) is 3.10. The number of aromatic nitrogens is 1. The molecule has 20 heavy (non-hydrogen) atoms. The lowest BCUT2D eigenvalue weighted by Crippen LogP contribution is -2.06. The predicted octanol–water partition coefficient (Wildman–Crippen LogP) is 2.46. The third-order valence-corrected chi connectivity index (χ3v) is 3.50. The predicted molar refractivity (Wildman–Crippen MR) is 78.8 cm³/mol. The molecule has 0 fully saturated rings. The van der Waals surface area contributed by atoms with E-state index in [1.165, 1.54) is 0 Å². The topological polar surface area (TPSA) is 52.6 Å². The quantitative estimate of drug-likeness (QED) is 0.850. The molecule has 0 atom stereocenters. The summed E-state index contributed by atoms with van der Waals surface area (Å²) in [5.74, 6) is 1.95. The Labute approximate surface area is 122 Å². The molecule has 0 radical (unpaired) electrons. The van der Waals surface area contributed by atoms with Crippen molar-refractivity contribution in [2.24, 2.45) is 0 Å². The molecule has 6 heteroatoms. The Kier molecular flexibility index (Phi) is 5.20. The first-order valence-corrected chi connectivity index (χ1v) is 7.06. The number of hydrogen-bond acceptors (Lipinski definition) is 6. The normalized spacial score (nSPS) is 10.3. The van der Waals surface area contributed by atoms with Gasteiger partial charge in [-0.3, -0.25) is 4.98 Å². The lowest BCUT2D eigenvalue weighted by atomic mass is 10.2. The smallest absolute Gasteiger partial charge is 0.203 e. The monoisotopic (exact) mass is 294 g/mol. The SMILES string of the molecule is CNCc1cc(OC)c(OCc2cncs2)c(OC)c1. The number of methoxy groups -OCH3 is 2. The molecule has 0 bridgehead atoms. The van der Waals surface area contributed by atoms with Crippen LogP contribution in [0.25, 0.3) is 0 Å². The third kappa shape index (κ3) is 3.40. The lowest BCUT2D eigenvalue weighted by molar-refractivity contribution is 0.267. The highest BCUT2D eigenvalue weighted by Crippen LogP contribution is 2.39. The molecule has 0 aliphatic rings. The Bertz CT molecular complexity index is 518. The van der Waals surface area contributed by atoms with Crippen LogP contribution in [0.15, 0.2) is 23.8 Å². The number of ether oxygens (including phenoxy) is 3. The van der Waals surface area contributed by atoms with E-state index in [9.17, 15) is 0 Å². The highest BCUT2D eigenvalue weighted by molar-refractivity contribution is 7.09. The van der Waals surface area contributed by atoms with Crippen LogP contribution in [0, 0.1) is 0 Å². The van der Waals surface area contributed by atoms with Crippen molar-refractivity contribution in [2.75, 3.05) is 21.3 Å². The first-order valence-electron chi connectivity index (χ1n) is 6.18. The molecule has 2 rings (SSSR count). The van der Waals surface area contributed by atoms with Gasteiger partial charge in [0.2, 0.25) is 5.75 Å². The number of benzene rings is 1. The average molecular weight is 294 g/mol. The maximum atomic E-state index is 5.83. The number of thiazole rings is 1. The summed E-state index contributed by atoms with van der Waals surface area (Å²) >= 11 is 1.55. The van der Waals surface area contributed by atoms with E-state index in [0.717, 1.165) is 17.0 Å². The molecular weight excluding hydrogens is 276 g/mol. The molecule has 108 valence electrons. The van der Waals surface area contributed by atoms with Crippen LogP contribution >= 0.6 is 11.3 Å². The Morgan fingerprint density at radius 3 is 2.40 bits per heavy atom. The van der Waals surface area contributed by atoms with Crippen molar-refractivity contribution in [3.8, 4) is 17.2 Å². The van der Waals surface area contributed by atoms with Gasteiger partial charge in [-0.1, -0.05) is 0 Å². The van der Waals surface area contributed by atoms with Crippen molar-refractivity contribution in [1.29, 1.82) is 0 Å². The molecule has 1 aromatic heterocycles. The fourth-order valence-electron chi connectivity index (χ4n) is 1.84. The van der Waals surface area contributed by atoms with Crippen molar-refractivity contribution < 1.29 is 14.2 Å². The molecule has 0 aliphatic carbocycles. The minimum absolute atomic E-state index is 0.447. The fraction of sp³-hybridized carbons (Fsp3) is 0.357. The van der Waals surface area contributed by atoms with E-state index in [0.29, 0.717) is 23.9 Å². The Hall–Kier alpha value is -1.79. The standard InChI is InChI=1S/C14H18N2O3S/c1-15-6-10-4-12(17-2)14(13(5-10)18-3)19-8-11-7-16-9-20-11/h4-5,7,9,15H,6,8H2,1-3H3. The second kappa shape index (κ2) is 7.12. The van der Waals surface area contributed by atoms with Crippen molar-refractivity contribution in [2.45, 2.75) is 13.2 Å². The lowest BCUT2D eigenvalue weighted by Gasteiger charge is -2.15.